The summed E-state index contributed by atoms with van der Waals surface area (Å²) in [7, 11) is 0. The second kappa shape index (κ2) is 7.00. The summed E-state index contributed by atoms with van der Waals surface area (Å²) in [5.74, 6) is -2.47. The summed E-state index contributed by atoms with van der Waals surface area (Å²) in [5, 5.41) is 4.07. The van der Waals surface area contributed by atoms with Crippen LogP contribution >= 0.6 is 0 Å². The number of rotatable bonds is 3. The molecule has 1 fully saturated rings. The molecule has 0 radical (unpaired) electrons. The van der Waals surface area contributed by atoms with Gasteiger partial charge in [-0.15, -0.1) is 0 Å². The predicted octanol–water partition coefficient (Wildman–Crippen LogP) is 1.71. The third-order valence-corrected chi connectivity index (χ3v) is 4.32. The molecular formula is C17H18F2N4O2. The molecule has 1 unspecified atom stereocenters. The summed E-state index contributed by atoms with van der Waals surface area (Å²) >= 11 is 0. The first-order valence-corrected chi connectivity index (χ1v) is 7.99. The molecule has 2 amide bonds. The Morgan fingerprint density at radius 1 is 1.08 bits per heavy atom. The summed E-state index contributed by atoms with van der Waals surface area (Å²) in [6.07, 6.45) is 3.34. The fraction of sp³-hybridized carbons (Fsp3) is 0.353. The molecule has 2 aromatic rings. The third-order valence-electron chi connectivity index (χ3n) is 4.32. The zero-order valence-electron chi connectivity index (χ0n) is 13.7. The van der Waals surface area contributed by atoms with Crippen LogP contribution < -0.4 is 0 Å². The molecule has 25 heavy (non-hydrogen) atoms. The van der Waals surface area contributed by atoms with Gasteiger partial charge in [-0.2, -0.15) is 5.10 Å². The van der Waals surface area contributed by atoms with Gasteiger partial charge in [0.15, 0.2) is 11.6 Å². The average molecular weight is 348 g/mol. The van der Waals surface area contributed by atoms with Gasteiger partial charge in [0.25, 0.3) is 5.91 Å². The topological polar surface area (TPSA) is 58.4 Å². The van der Waals surface area contributed by atoms with E-state index in [4.69, 9.17) is 0 Å². The van der Waals surface area contributed by atoms with E-state index in [9.17, 15) is 18.4 Å². The van der Waals surface area contributed by atoms with E-state index in [1.165, 1.54) is 11.0 Å². The first kappa shape index (κ1) is 17.1. The minimum atomic E-state index is -1.05. The Bertz CT molecular complexity index is 771. The van der Waals surface area contributed by atoms with Gasteiger partial charge in [-0.25, -0.2) is 8.78 Å². The van der Waals surface area contributed by atoms with Gasteiger partial charge >= 0.3 is 0 Å². The van der Waals surface area contributed by atoms with Crippen molar-refractivity contribution in [2.75, 3.05) is 26.2 Å². The number of amides is 2. The highest BCUT2D eigenvalue weighted by atomic mass is 19.2. The largest absolute Gasteiger partial charge is 0.337 e. The van der Waals surface area contributed by atoms with E-state index in [1.54, 1.807) is 35.0 Å². The molecule has 2 heterocycles. The molecule has 0 N–H and O–H groups in total. The van der Waals surface area contributed by atoms with Crippen molar-refractivity contribution in [2.24, 2.45) is 0 Å². The number of halogens is 2. The minimum Gasteiger partial charge on any atom is -0.337 e. The maximum atomic E-state index is 13.3. The van der Waals surface area contributed by atoms with Crippen LogP contribution in [-0.4, -0.2) is 57.6 Å². The highest BCUT2D eigenvalue weighted by molar-refractivity contribution is 5.94. The third kappa shape index (κ3) is 3.52. The maximum absolute atomic E-state index is 13.3. The molecule has 3 rings (SSSR count). The van der Waals surface area contributed by atoms with Gasteiger partial charge in [0.2, 0.25) is 5.91 Å². The molecule has 1 aromatic heterocycles. The van der Waals surface area contributed by atoms with Crippen molar-refractivity contribution in [1.82, 2.24) is 19.6 Å². The van der Waals surface area contributed by atoms with Crippen LogP contribution in [0.1, 0.15) is 23.3 Å². The van der Waals surface area contributed by atoms with E-state index in [0.29, 0.717) is 26.2 Å². The van der Waals surface area contributed by atoms with E-state index in [0.717, 1.165) is 12.1 Å². The molecule has 1 saturated heterocycles. The molecular weight excluding hydrogens is 330 g/mol. The quantitative estimate of drug-likeness (QED) is 0.848. The number of hydrogen-bond acceptors (Lipinski definition) is 3. The van der Waals surface area contributed by atoms with Crippen molar-refractivity contribution in [3.8, 4) is 0 Å². The van der Waals surface area contributed by atoms with Gasteiger partial charge in [-0.3, -0.25) is 14.3 Å². The van der Waals surface area contributed by atoms with Gasteiger partial charge in [-0.1, -0.05) is 0 Å². The van der Waals surface area contributed by atoms with Gasteiger partial charge in [0.1, 0.15) is 6.04 Å². The van der Waals surface area contributed by atoms with Crippen LogP contribution in [0.2, 0.25) is 0 Å². The van der Waals surface area contributed by atoms with Crippen molar-refractivity contribution in [3.05, 3.63) is 53.9 Å². The Morgan fingerprint density at radius 2 is 1.76 bits per heavy atom. The number of aromatic nitrogens is 2. The molecule has 0 bridgehead atoms. The number of nitrogens with zero attached hydrogens (tertiary/aromatic N) is 4. The summed E-state index contributed by atoms with van der Waals surface area (Å²) in [6.45, 7) is 3.23. The van der Waals surface area contributed by atoms with Gasteiger partial charge in [0, 0.05) is 44.1 Å². The average Bonchev–Trinajstić information content (AvgIpc) is 3.17. The molecule has 0 saturated carbocycles. The number of piperazine rings is 1. The van der Waals surface area contributed by atoms with Crippen molar-refractivity contribution in [3.63, 3.8) is 0 Å². The molecule has 132 valence electrons. The number of carbonyl (C=O) groups excluding carboxylic acids is 2. The Morgan fingerprint density at radius 3 is 2.36 bits per heavy atom. The Hall–Kier alpha value is -2.77. The lowest BCUT2D eigenvalue weighted by Crippen LogP contribution is -2.52. The highest BCUT2D eigenvalue weighted by Crippen LogP contribution is 2.15. The lowest BCUT2D eigenvalue weighted by atomic mass is 10.1. The van der Waals surface area contributed by atoms with Crippen LogP contribution in [0.25, 0.3) is 0 Å². The van der Waals surface area contributed by atoms with Crippen LogP contribution in [0, 0.1) is 11.6 Å². The standard InChI is InChI=1S/C17H18F2N4O2/c1-12(23-6-2-5-20-23)16(24)21-7-9-22(10-8-21)17(25)13-3-4-14(18)15(19)11-13/h2-6,11-12H,7-10H2,1H3. The molecule has 1 aliphatic heterocycles. The summed E-state index contributed by atoms with van der Waals surface area (Å²) in [5.41, 5.74) is 0.101. The van der Waals surface area contributed by atoms with E-state index in [2.05, 4.69) is 5.10 Å². The summed E-state index contributed by atoms with van der Waals surface area (Å²) in [6, 6.07) is 4.44. The van der Waals surface area contributed by atoms with E-state index >= 15 is 0 Å². The Balaban J connectivity index is 1.60. The summed E-state index contributed by atoms with van der Waals surface area (Å²) in [4.78, 5) is 28.1. The fourth-order valence-corrected chi connectivity index (χ4v) is 2.83. The van der Waals surface area contributed by atoms with Crippen LogP contribution in [0.4, 0.5) is 8.78 Å². The van der Waals surface area contributed by atoms with Gasteiger partial charge in [0.05, 0.1) is 0 Å². The molecule has 8 heteroatoms. The molecule has 6 nitrogen and oxygen atoms in total. The molecule has 1 aromatic carbocycles. The van der Waals surface area contributed by atoms with Crippen molar-refractivity contribution >= 4 is 11.8 Å². The summed E-state index contributed by atoms with van der Waals surface area (Å²) < 4.78 is 27.9. The monoisotopic (exact) mass is 348 g/mol. The van der Waals surface area contributed by atoms with Crippen molar-refractivity contribution in [1.29, 1.82) is 0 Å². The predicted molar refractivity (Wildman–Crippen MR) is 85.8 cm³/mol. The van der Waals surface area contributed by atoms with Gasteiger partial charge in [-0.05, 0) is 31.2 Å². The molecule has 0 aliphatic carbocycles. The van der Waals surface area contributed by atoms with Crippen LogP contribution in [0.3, 0.4) is 0 Å². The van der Waals surface area contributed by atoms with E-state index in [-0.39, 0.29) is 17.4 Å². The first-order chi connectivity index (χ1) is 12.0. The fourth-order valence-electron chi connectivity index (χ4n) is 2.83. The lowest BCUT2D eigenvalue weighted by molar-refractivity contribution is -0.136. The normalized spacial score (nSPS) is 16.0. The molecule has 1 atom stereocenters. The highest BCUT2D eigenvalue weighted by Gasteiger charge is 2.28. The molecule has 0 spiro atoms. The van der Waals surface area contributed by atoms with E-state index in [1.807, 2.05) is 0 Å². The zero-order chi connectivity index (χ0) is 18.0. The van der Waals surface area contributed by atoms with Crippen LogP contribution in [0.15, 0.2) is 36.7 Å². The SMILES string of the molecule is CC(C(=O)N1CCN(C(=O)c2ccc(F)c(F)c2)CC1)n1cccn1. The second-order valence-corrected chi connectivity index (χ2v) is 5.91. The van der Waals surface area contributed by atoms with Crippen molar-refractivity contribution in [2.45, 2.75) is 13.0 Å². The smallest absolute Gasteiger partial charge is 0.254 e. The first-order valence-electron chi connectivity index (χ1n) is 7.99. The number of benzene rings is 1. The Kier molecular flexibility index (Phi) is 4.78. The molecule has 1 aliphatic rings. The number of hydrogen-bond donors (Lipinski definition) is 0. The minimum absolute atomic E-state index is 0.0661. The van der Waals surface area contributed by atoms with Crippen LogP contribution in [-0.2, 0) is 4.79 Å². The Labute approximate surface area is 143 Å². The lowest BCUT2D eigenvalue weighted by Gasteiger charge is -2.36. The second-order valence-electron chi connectivity index (χ2n) is 5.91. The van der Waals surface area contributed by atoms with Crippen molar-refractivity contribution < 1.29 is 18.4 Å². The van der Waals surface area contributed by atoms with E-state index < -0.39 is 17.7 Å². The van der Waals surface area contributed by atoms with Gasteiger partial charge < -0.3 is 9.80 Å². The maximum Gasteiger partial charge on any atom is 0.254 e. The zero-order valence-corrected chi connectivity index (χ0v) is 13.7. The number of carbonyl (C=O) groups is 2. The van der Waals surface area contributed by atoms with Crippen LogP contribution in [0.5, 0.6) is 0 Å².